The molecule has 3 rings (SSSR count). The lowest BCUT2D eigenvalue weighted by Gasteiger charge is -2.23. The first-order chi connectivity index (χ1) is 12.1. The van der Waals surface area contributed by atoms with Crippen molar-refractivity contribution in [2.45, 2.75) is 38.7 Å². The van der Waals surface area contributed by atoms with E-state index in [0.29, 0.717) is 0 Å². The normalized spacial score (nSPS) is 16.1. The van der Waals surface area contributed by atoms with Crippen LogP contribution in [0.4, 0.5) is 0 Å². The average Bonchev–Trinajstić information content (AvgIpc) is 2.98. The van der Waals surface area contributed by atoms with Gasteiger partial charge in [0.05, 0.1) is 0 Å². The summed E-state index contributed by atoms with van der Waals surface area (Å²) < 4.78 is 5.36. The molecule has 2 heterocycles. The molecule has 2 aromatic rings. The number of hydrogen-bond donors (Lipinski definition) is 0. The third-order valence-electron chi connectivity index (χ3n) is 4.28. The molecule has 132 valence electrons. The molecule has 0 aliphatic carbocycles. The Labute approximate surface area is 151 Å². The highest BCUT2D eigenvalue weighted by atomic mass is 32.1. The minimum atomic E-state index is -0.785. The van der Waals surface area contributed by atoms with Crippen molar-refractivity contribution < 1.29 is 14.3 Å². The lowest BCUT2D eigenvalue weighted by molar-refractivity contribution is -0.139. The van der Waals surface area contributed by atoms with E-state index in [9.17, 15) is 9.59 Å². The zero-order valence-electron chi connectivity index (χ0n) is 14.3. The van der Waals surface area contributed by atoms with Gasteiger partial charge in [-0.3, -0.25) is 4.79 Å². The summed E-state index contributed by atoms with van der Waals surface area (Å²) in [6.07, 6.45) is 3.54. The number of ether oxygens (including phenoxy) is 1. The van der Waals surface area contributed by atoms with E-state index >= 15 is 0 Å². The maximum atomic E-state index is 12.5. The van der Waals surface area contributed by atoms with Crippen molar-refractivity contribution >= 4 is 23.2 Å². The molecule has 0 saturated carbocycles. The number of carbonyl (C=O) groups is 2. The second-order valence-corrected chi connectivity index (χ2v) is 7.05. The van der Waals surface area contributed by atoms with Crippen LogP contribution >= 0.6 is 11.3 Å². The van der Waals surface area contributed by atoms with E-state index in [1.165, 1.54) is 11.3 Å². The summed E-state index contributed by atoms with van der Waals surface area (Å²) in [5, 5.41) is 2.44. The van der Waals surface area contributed by atoms with Crippen LogP contribution in [0.25, 0.3) is 10.6 Å². The lowest BCUT2D eigenvalue weighted by atomic mass is 10.2. The van der Waals surface area contributed by atoms with E-state index in [4.69, 9.17) is 4.74 Å². The van der Waals surface area contributed by atoms with Gasteiger partial charge < -0.3 is 9.64 Å². The van der Waals surface area contributed by atoms with Crippen LogP contribution in [0.3, 0.4) is 0 Å². The molecule has 1 atom stereocenters. The number of benzene rings is 1. The van der Waals surface area contributed by atoms with Crippen LogP contribution in [0.1, 0.15) is 43.1 Å². The van der Waals surface area contributed by atoms with E-state index in [1.54, 1.807) is 17.2 Å². The smallest absolute Gasteiger partial charge is 0.358 e. The summed E-state index contributed by atoms with van der Waals surface area (Å²) in [7, 11) is 0. The Balaban J connectivity index is 1.61. The van der Waals surface area contributed by atoms with Gasteiger partial charge in [-0.15, -0.1) is 11.3 Å². The monoisotopic (exact) mass is 358 g/mol. The molecule has 0 bridgehead atoms. The Morgan fingerprint density at radius 1 is 1.12 bits per heavy atom. The number of esters is 1. The molecule has 0 spiro atoms. The van der Waals surface area contributed by atoms with Gasteiger partial charge in [-0.25, -0.2) is 9.78 Å². The van der Waals surface area contributed by atoms with Crippen molar-refractivity contribution in [3.8, 4) is 10.6 Å². The predicted molar refractivity (Wildman–Crippen MR) is 97.5 cm³/mol. The van der Waals surface area contributed by atoms with E-state index in [-0.39, 0.29) is 11.6 Å². The summed E-state index contributed by atoms with van der Waals surface area (Å²) in [4.78, 5) is 30.9. The second kappa shape index (κ2) is 8.25. The van der Waals surface area contributed by atoms with Crippen molar-refractivity contribution in [2.75, 3.05) is 13.1 Å². The second-order valence-electron chi connectivity index (χ2n) is 6.19. The van der Waals surface area contributed by atoms with Crippen LogP contribution < -0.4 is 0 Å². The zero-order valence-corrected chi connectivity index (χ0v) is 15.1. The first kappa shape index (κ1) is 17.6. The van der Waals surface area contributed by atoms with Gasteiger partial charge in [0.25, 0.3) is 5.91 Å². The summed E-state index contributed by atoms with van der Waals surface area (Å²) in [5.41, 5.74) is 1.21. The molecule has 1 amide bonds. The lowest BCUT2D eigenvalue weighted by Crippen LogP contribution is -2.40. The minimum absolute atomic E-state index is 0.117. The number of carbonyl (C=O) groups excluding carboxylic acids is 2. The largest absolute Gasteiger partial charge is 0.448 e. The molecule has 1 saturated heterocycles. The van der Waals surface area contributed by atoms with Crippen LogP contribution in [0.15, 0.2) is 35.7 Å². The summed E-state index contributed by atoms with van der Waals surface area (Å²) in [6, 6.07) is 9.68. The summed E-state index contributed by atoms with van der Waals surface area (Å²) in [5.74, 6) is -0.664. The van der Waals surface area contributed by atoms with Crippen LogP contribution in [0.5, 0.6) is 0 Å². The van der Waals surface area contributed by atoms with Gasteiger partial charge in [0.1, 0.15) is 5.01 Å². The van der Waals surface area contributed by atoms with Gasteiger partial charge in [-0.05, 0) is 19.8 Å². The molecule has 1 fully saturated rings. The van der Waals surface area contributed by atoms with Gasteiger partial charge in [-0.2, -0.15) is 0 Å². The summed E-state index contributed by atoms with van der Waals surface area (Å²) in [6.45, 7) is 3.13. The Hall–Kier alpha value is -2.21. The fourth-order valence-electron chi connectivity index (χ4n) is 2.90. The third-order valence-corrected chi connectivity index (χ3v) is 5.17. The number of hydrogen-bond acceptors (Lipinski definition) is 5. The molecular weight excluding hydrogens is 336 g/mol. The number of aromatic nitrogens is 1. The van der Waals surface area contributed by atoms with Crippen LogP contribution in [0, 0.1) is 0 Å². The van der Waals surface area contributed by atoms with E-state index in [1.807, 2.05) is 30.3 Å². The average molecular weight is 358 g/mol. The quantitative estimate of drug-likeness (QED) is 0.781. The fraction of sp³-hybridized carbons (Fsp3) is 0.421. The molecule has 1 aliphatic heterocycles. The molecule has 25 heavy (non-hydrogen) atoms. The molecule has 6 heteroatoms. The van der Waals surface area contributed by atoms with Crippen molar-refractivity contribution in [3.63, 3.8) is 0 Å². The molecule has 5 nitrogen and oxygen atoms in total. The zero-order chi connectivity index (χ0) is 17.6. The number of amides is 1. The summed E-state index contributed by atoms with van der Waals surface area (Å²) >= 11 is 1.39. The fourth-order valence-corrected chi connectivity index (χ4v) is 3.70. The Morgan fingerprint density at radius 2 is 1.80 bits per heavy atom. The van der Waals surface area contributed by atoms with Crippen molar-refractivity contribution in [1.82, 2.24) is 9.88 Å². The Bertz CT molecular complexity index is 721. The van der Waals surface area contributed by atoms with Crippen LogP contribution in [-0.4, -0.2) is 41.0 Å². The Kier molecular flexibility index (Phi) is 5.81. The van der Waals surface area contributed by atoms with E-state index in [0.717, 1.165) is 49.3 Å². The first-order valence-corrected chi connectivity index (χ1v) is 9.54. The highest BCUT2D eigenvalue weighted by Gasteiger charge is 2.25. The predicted octanol–water partition coefficient (Wildman–Crippen LogP) is 3.76. The third kappa shape index (κ3) is 4.45. The molecule has 0 N–H and O–H groups in total. The van der Waals surface area contributed by atoms with Gasteiger partial charge in [0.2, 0.25) is 0 Å². The molecule has 1 aromatic carbocycles. The van der Waals surface area contributed by atoms with Crippen LogP contribution in [0.2, 0.25) is 0 Å². The topological polar surface area (TPSA) is 59.5 Å². The van der Waals surface area contributed by atoms with Gasteiger partial charge in [0.15, 0.2) is 11.8 Å². The van der Waals surface area contributed by atoms with Crippen molar-refractivity contribution in [3.05, 3.63) is 41.4 Å². The Morgan fingerprint density at radius 3 is 2.48 bits per heavy atom. The van der Waals surface area contributed by atoms with Crippen LogP contribution in [-0.2, 0) is 9.53 Å². The number of thiazole rings is 1. The minimum Gasteiger partial charge on any atom is -0.448 e. The maximum Gasteiger partial charge on any atom is 0.358 e. The first-order valence-electron chi connectivity index (χ1n) is 8.66. The molecular formula is C19H22N2O3S. The van der Waals surface area contributed by atoms with Gasteiger partial charge in [-0.1, -0.05) is 43.2 Å². The molecule has 1 aromatic heterocycles. The van der Waals surface area contributed by atoms with Crippen molar-refractivity contribution in [2.24, 2.45) is 0 Å². The maximum absolute atomic E-state index is 12.5. The highest BCUT2D eigenvalue weighted by molar-refractivity contribution is 7.13. The molecule has 1 aliphatic rings. The number of rotatable bonds is 4. The van der Waals surface area contributed by atoms with E-state index < -0.39 is 12.1 Å². The molecule has 0 radical (unpaired) electrons. The van der Waals surface area contributed by atoms with Gasteiger partial charge >= 0.3 is 5.97 Å². The molecule has 0 unspecified atom stereocenters. The SMILES string of the molecule is C[C@@H](OC(=O)c1csc(-c2ccccc2)n1)C(=O)N1CCCCCC1. The van der Waals surface area contributed by atoms with Crippen molar-refractivity contribution in [1.29, 1.82) is 0 Å². The standard InChI is InChI=1S/C19H22N2O3S/c1-14(18(22)21-11-7-2-3-8-12-21)24-19(23)16-13-25-17(20-16)15-9-5-4-6-10-15/h4-6,9-10,13-14H,2-3,7-8,11-12H2,1H3/t14-/m1/s1. The highest BCUT2D eigenvalue weighted by Crippen LogP contribution is 2.24. The van der Waals surface area contributed by atoms with E-state index in [2.05, 4.69) is 4.98 Å². The number of nitrogens with zero attached hydrogens (tertiary/aromatic N) is 2. The van der Waals surface area contributed by atoms with Gasteiger partial charge in [0, 0.05) is 24.0 Å². The number of likely N-dealkylation sites (tertiary alicyclic amines) is 1.